The molecule has 1 aromatic carbocycles. The molecule has 2 aromatic rings. The van der Waals surface area contributed by atoms with Gasteiger partial charge in [0.25, 0.3) is 0 Å². The fraction of sp³-hybridized carbons (Fsp3) is 0.412. The molecule has 0 aliphatic rings. The smallest absolute Gasteiger partial charge is 0.191 e. The van der Waals surface area contributed by atoms with E-state index in [0.29, 0.717) is 13.1 Å². The molecular weight excluding hydrogens is 324 g/mol. The van der Waals surface area contributed by atoms with Gasteiger partial charge in [0.1, 0.15) is 16.5 Å². The summed E-state index contributed by atoms with van der Waals surface area (Å²) in [5, 5.41) is 7.61. The quantitative estimate of drug-likeness (QED) is 0.595. The fourth-order valence-corrected chi connectivity index (χ4v) is 2.95. The van der Waals surface area contributed by atoms with Crippen LogP contribution in [0.1, 0.15) is 22.4 Å². The van der Waals surface area contributed by atoms with Crippen LogP contribution in [0, 0.1) is 0 Å². The van der Waals surface area contributed by atoms with Crippen LogP contribution in [0.2, 0.25) is 0 Å². The molecule has 0 aliphatic heterocycles. The maximum Gasteiger partial charge on any atom is 0.191 e. The van der Waals surface area contributed by atoms with E-state index >= 15 is 0 Å². The van der Waals surface area contributed by atoms with Gasteiger partial charge in [0.2, 0.25) is 0 Å². The van der Waals surface area contributed by atoms with Crippen molar-refractivity contribution in [1.29, 1.82) is 0 Å². The van der Waals surface area contributed by atoms with E-state index in [9.17, 15) is 0 Å². The molecule has 130 valence electrons. The van der Waals surface area contributed by atoms with Crippen molar-refractivity contribution in [3.8, 4) is 11.5 Å². The van der Waals surface area contributed by atoms with Crippen LogP contribution in [0.15, 0.2) is 29.4 Å². The van der Waals surface area contributed by atoms with E-state index in [1.165, 1.54) is 4.88 Å². The maximum absolute atomic E-state index is 5.41. The van der Waals surface area contributed by atoms with Gasteiger partial charge in [-0.25, -0.2) is 4.98 Å². The minimum Gasteiger partial charge on any atom is -0.497 e. The molecule has 0 bridgehead atoms. The van der Waals surface area contributed by atoms with Gasteiger partial charge in [0.15, 0.2) is 5.96 Å². The molecule has 0 aliphatic carbocycles. The average Bonchev–Trinajstić information content (AvgIpc) is 3.09. The minimum atomic E-state index is 0.602. The number of ether oxygens (including phenoxy) is 2. The summed E-state index contributed by atoms with van der Waals surface area (Å²) in [7, 11) is 5.04. The van der Waals surface area contributed by atoms with Gasteiger partial charge in [-0.1, -0.05) is 6.92 Å². The molecule has 0 unspecified atom stereocenters. The normalized spacial score (nSPS) is 11.2. The van der Waals surface area contributed by atoms with Crippen molar-refractivity contribution in [2.24, 2.45) is 4.99 Å². The van der Waals surface area contributed by atoms with Crippen molar-refractivity contribution in [3.05, 3.63) is 39.8 Å². The highest BCUT2D eigenvalue weighted by atomic mass is 32.1. The highest BCUT2D eigenvalue weighted by Gasteiger charge is 2.07. The number of nitrogens with zero attached hydrogens (tertiary/aromatic N) is 2. The summed E-state index contributed by atoms with van der Waals surface area (Å²) in [5.41, 5.74) is 1.03. The van der Waals surface area contributed by atoms with Crippen LogP contribution in [0.3, 0.4) is 0 Å². The molecule has 0 atom stereocenters. The molecule has 0 saturated heterocycles. The molecule has 0 spiro atoms. The average molecular weight is 348 g/mol. The van der Waals surface area contributed by atoms with E-state index in [2.05, 4.69) is 27.5 Å². The summed E-state index contributed by atoms with van der Waals surface area (Å²) < 4.78 is 10.6. The number of rotatable bonds is 7. The Labute approximate surface area is 146 Å². The molecule has 24 heavy (non-hydrogen) atoms. The number of hydrogen-bond acceptors (Lipinski definition) is 5. The third-order valence-electron chi connectivity index (χ3n) is 3.52. The molecule has 1 heterocycles. The first-order valence-electron chi connectivity index (χ1n) is 7.79. The Morgan fingerprint density at radius 1 is 1.21 bits per heavy atom. The number of aliphatic imine (C=N–C) groups is 1. The number of guanidine groups is 1. The van der Waals surface area contributed by atoms with Gasteiger partial charge >= 0.3 is 0 Å². The van der Waals surface area contributed by atoms with Crippen LogP contribution in [0.25, 0.3) is 0 Å². The van der Waals surface area contributed by atoms with Crippen molar-refractivity contribution in [1.82, 2.24) is 15.6 Å². The van der Waals surface area contributed by atoms with Crippen LogP contribution >= 0.6 is 11.3 Å². The zero-order valence-electron chi connectivity index (χ0n) is 14.5. The molecule has 0 amide bonds. The summed E-state index contributed by atoms with van der Waals surface area (Å²) in [4.78, 5) is 9.93. The van der Waals surface area contributed by atoms with E-state index in [-0.39, 0.29) is 0 Å². The molecule has 2 rings (SSSR count). The Kier molecular flexibility index (Phi) is 6.87. The largest absolute Gasteiger partial charge is 0.497 e. The highest BCUT2D eigenvalue weighted by molar-refractivity contribution is 7.11. The SMILES string of the molecule is CCc1cnc(CNC(=NC)NCc2ccc(OC)cc2OC)s1. The first-order valence-corrected chi connectivity index (χ1v) is 8.60. The van der Waals surface area contributed by atoms with Crippen LogP contribution in [0.5, 0.6) is 11.5 Å². The maximum atomic E-state index is 5.41. The van der Waals surface area contributed by atoms with E-state index in [1.54, 1.807) is 32.6 Å². The summed E-state index contributed by atoms with van der Waals surface area (Å²) >= 11 is 1.72. The zero-order valence-corrected chi connectivity index (χ0v) is 15.4. The van der Waals surface area contributed by atoms with Gasteiger partial charge < -0.3 is 20.1 Å². The lowest BCUT2D eigenvalue weighted by molar-refractivity contribution is 0.390. The van der Waals surface area contributed by atoms with Crippen molar-refractivity contribution < 1.29 is 9.47 Å². The lowest BCUT2D eigenvalue weighted by Crippen LogP contribution is -2.36. The van der Waals surface area contributed by atoms with Gasteiger partial charge in [-0.3, -0.25) is 4.99 Å². The third kappa shape index (κ3) is 4.86. The van der Waals surface area contributed by atoms with E-state index in [1.807, 2.05) is 24.4 Å². The molecule has 0 fully saturated rings. The first kappa shape index (κ1) is 18.1. The van der Waals surface area contributed by atoms with Crippen LogP contribution in [-0.4, -0.2) is 32.2 Å². The molecule has 7 heteroatoms. The third-order valence-corrected chi connectivity index (χ3v) is 4.66. The van der Waals surface area contributed by atoms with Gasteiger partial charge in [0.05, 0.1) is 20.8 Å². The van der Waals surface area contributed by atoms with Crippen molar-refractivity contribution in [2.75, 3.05) is 21.3 Å². The zero-order chi connectivity index (χ0) is 17.4. The number of benzene rings is 1. The van der Waals surface area contributed by atoms with Crippen molar-refractivity contribution in [2.45, 2.75) is 26.4 Å². The Bertz CT molecular complexity index is 685. The standard InChI is InChI=1S/C17H24N4O2S/c1-5-14-10-19-16(24-14)11-21-17(18-2)20-9-12-6-7-13(22-3)8-15(12)23-4/h6-8,10H,5,9,11H2,1-4H3,(H2,18,20,21). The molecule has 1 aromatic heterocycles. The molecule has 6 nitrogen and oxygen atoms in total. The van der Waals surface area contributed by atoms with E-state index < -0.39 is 0 Å². The Balaban J connectivity index is 1.91. The highest BCUT2D eigenvalue weighted by Crippen LogP contribution is 2.24. The van der Waals surface area contributed by atoms with Crippen molar-refractivity contribution in [3.63, 3.8) is 0 Å². The molecule has 0 saturated carbocycles. The number of thiazole rings is 1. The summed E-state index contributed by atoms with van der Waals surface area (Å²) in [6, 6.07) is 5.76. The number of nitrogens with one attached hydrogen (secondary N) is 2. The number of aryl methyl sites for hydroxylation is 1. The monoisotopic (exact) mass is 348 g/mol. The van der Waals surface area contributed by atoms with Crippen LogP contribution in [-0.2, 0) is 19.5 Å². The predicted octanol–water partition coefficient (Wildman–Crippen LogP) is 2.59. The lowest BCUT2D eigenvalue weighted by Gasteiger charge is -2.14. The Morgan fingerprint density at radius 2 is 2.00 bits per heavy atom. The second-order valence-corrected chi connectivity index (χ2v) is 6.23. The Hall–Kier alpha value is -2.28. The van der Waals surface area contributed by atoms with E-state index in [4.69, 9.17) is 9.47 Å². The second kappa shape index (κ2) is 9.12. The summed E-state index contributed by atoms with van der Waals surface area (Å²) in [5.74, 6) is 2.28. The van der Waals surface area contributed by atoms with E-state index in [0.717, 1.165) is 34.5 Å². The molecule has 2 N–H and O–H groups in total. The Morgan fingerprint density at radius 3 is 2.62 bits per heavy atom. The summed E-state index contributed by atoms with van der Waals surface area (Å²) in [6.45, 7) is 3.39. The fourth-order valence-electron chi connectivity index (χ4n) is 2.15. The van der Waals surface area contributed by atoms with Gasteiger partial charge in [-0.15, -0.1) is 11.3 Å². The second-order valence-electron chi connectivity index (χ2n) is 5.03. The summed E-state index contributed by atoms with van der Waals surface area (Å²) in [6.07, 6.45) is 2.95. The molecule has 0 radical (unpaired) electrons. The van der Waals surface area contributed by atoms with Crippen LogP contribution in [0.4, 0.5) is 0 Å². The van der Waals surface area contributed by atoms with Crippen molar-refractivity contribution >= 4 is 17.3 Å². The number of hydrogen-bond donors (Lipinski definition) is 2. The first-order chi connectivity index (χ1) is 11.7. The lowest BCUT2D eigenvalue weighted by atomic mass is 10.2. The van der Waals surface area contributed by atoms with Gasteiger partial charge in [-0.05, 0) is 18.6 Å². The minimum absolute atomic E-state index is 0.602. The topological polar surface area (TPSA) is 67.8 Å². The number of aromatic nitrogens is 1. The predicted molar refractivity (Wildman–Crippen MR) is 98.1 cm³/mol. The number of methoxy groups -OCH3 is 2. The van der Waals surface area contributed by atoms with Crippen LogP contribution < -0.4 is 20.1 Å². The van der Waals surface area contributed by atoms with Gasteiger partial charge in [0, 0.05) is 36.3 Å². The molecular formula is C17H24N4O2S. The van der Waals surface area contributed by atoms with Gasteiger partial charge in [-0.2, -0.15) is 0 Å².